The van der Waals surface area contributed by atoms with Crippen molar-refractivity contribution < 1.29 is 25.8 Å². The van der Waals surface area contributed by atoms with Crippen LogP contribution in [-0.4, -0.2) is 46.1 Å². The van der Waals surface area contributed by atoms with Gasteiger partial charge in [-0.15, -0.1) is 6.58 Å². The molecule has 2 heterocycles. The van der Waals surface area contributed by atoms with Crippen molar-refractivity contribution in [3.8, 4) is 0 Å². The molecule has 0 aliphatic heterocycles. The van der Waals surface area contributed by atoms with Crippen LogP contribution in [0.2, 0.25) is 5.28 Å². The highest BCUT2D eigenvalue weighted by atomic mass is 35.5. The van der Waals surface area contributed by atoms with Gasteiger partial charge in [-0.25, -0.2) is 4.79 Å². The van der Waals surface area contributed by atoms with Gasteiger partial charge in [-0.2, -0.15) is 26.6 Å². The molecular weight excluding hydrogens is 453 g/mol. The fourth-order valence-corrected chi connectivity index (χ4v) is 3.48. The average Bonchev–Trinajstić information content (AvgIpc) is 2.92. The van der Waals surface area contributed by atoms with E-state index in [1.54, 1.807) is 0 Å². The van der Waals surface area contributed by atoms with Gasteiger partial charge in [-0.05, 0) is 24.4 Å². The monoisotopic (exact) mass is 472 g/mol. The molecule has 0 aromatic carbocycles. The predicted octanol–water partition coefficient (Wildman–Crippen LogP) is 1.91. The molecule has 0 aliphatic carbocycles. The molecule has 0 fully saturated rings. The van der Waals surface area contributed by atoms with Gasteiger partial charge in [0, 0.05) is 26.1 Å². The third-order valence-corrected chi connectivity index (χ3v) is 4.93. The Morgan fingerprint density at radius 3 is 2.37 bits per heavy atom. The third kappa shape index (κ3) is 5.95. The van der Waals surface area contributed by atoms with Crippen molar-refractivity contribution >= 4 is 32.9 Å². The topological polar surface area (TPSA) is 105 Å². The third-order valence-electron chi connectivity index (χ3n) is 4.04. The van der Waals surface area contributed by atoms with Crippen LogP contribution in [0.4, 0.5) is 13.2 Å². The number of halogens is 4. The molecule has 168 valence electrons. The molecule has 0 atom stereocenters. The van der Waals surface area contributed by atoms with Crippen molar-refractivity contribution in [1.82, 2.24) is 18.7 Å². The molecular formula is C16H20ClF3N4O5S. The lowest BCUT2D eigenvalue weighted by Crippen LogP contribution is -2.41. The van der Waals surface area contributed by atoms with Crippen molar-refractivity contribution in [1.29, 1.82) is 0 Å². The molecule has 14 heteroatoms. The molecule has 0 amide bonds. The van der Waals surface area contributed by atoms with E-state index >= 15 is 0 Å². The maximum atomic E-state index is 12.9. The van der Waals surface area contributed by atoms with Crippen LogP contribution in [0.1, 0.15) is 19.3 Å². The van der Waals surface area contributed by atoms with Crippen molar-refractivity contribution in [3.05, 3.63) is 38.8 Å². The summed E-state index contributed by atoms with van der Waals surface area (Å²) in [6.45, 7) is 2.82. The molecule has 0 bridgehead atoms. The van der Waals surface area contributed by atoms with Crippen LogP contribution in [0.5, 0.6) is 0 Å². The van der Waals surface area contributed by atoms with Crippen LogP contribution in [0.15, 0.2) is 22.2 Å². The number of nitrogens with zero attached hydrogens (tertiary/aromatic N) is 4. The van der Waals surface area contributed by atoms with E-state index in [9.17, 15) is 31.2 Å². The molecule has 0 N–H and O–H groups in total. The second kappa shape index (κ2) is 9.35. The summed E-state index contributed by atoms with van der Waals surface area (Å²) in [5, 5.41) is -0.121. The number of rotatable bonds is 10. The standard InChI is InChI=1S/C16H20ClF3N4O5S/c1-3-7-22-11-12(21-14(22)17)23(8-4-6-16(18,19)20)15(26)24(13(11)25)9-5-10-29-30(2,27)28/h3H,1,4-10H2,2H3. The summed E-state index contributed by atoms with van der Waals surface area (Å²) in [4.78, 5) is 29.7. The van der Waals surface area contributed by atoms with Gasteiger partial charge in [0.2, 0.25) is 5.28 Å². The first-order chi connectivity index (χ1) is 13.9. The Bertz CT molecular complexity index is 1150. The van der Waals surface area contributed by atoms with E-state index in [0.717, 1.165) is 15.4 Å². The SMILES string of the molecule is C=CCn1c(Cl)nc2c1c(=O)n(CCCOS(C)(=O)=O)c(=O)n2CCCC(F)(F)F. The largest absolute Gasteiger partial charge is 0.389 e. The number of allylic oxidation sites excluding steroid dienone is 1. The number of hydrogen-bond acceptors (Lipinski definition) is 6. The summed E-state index contributed by atoms with van der Waals surface area (Å²) in [7, 11) is -3.70. The maximum absolute atomic E-state index is 12.9. The molecule has 0 spiro atoms. The first kappa shape index (κ1) is 24.2. The fourth-order valence-electron chi connectivity index (χ4n) is 2.83. The minimum atomic E-state index is -4.40. The Hall–Kier alpha value is -2.12. The van der Waals surface area contributed by atoms with Crippen molar-refractivity contribution in [2.75, 3.05) is 12.9 Å². The Morgan fingerprint density at radius 1 is 1.17 bits per heavy atom. The quantitative estimate of drug-likeness (QED) is 0.226. The van der Waals surface area contributed by atoms with E-state index in [1.807, 2.05) is 0 Å². The zero-order valence-corrected chi connectivity index (χ0v) is 17.6. The second-order valence-corrected chi connectivity index (χ2v) is 8.42. The molecule has 30 heavy (non-hydrogen) atoms. The van der Waals surface area contributed by atoms with Gasteiger partial charge in [0.1, 0.15) is 0 Å². The van der Waals surface area contributed by atoms with E-state index in [1.165, 1.54) is 10.6 Å². The smallest absolute Gasteiger partial charge is 0.305 e. The lowest BCUT2D eigenvalue weighted by molar-refractivity contribution is -0.135. The second-order valence-electron chi connectivity index (χ2n) is 6.44. The van der Waals surface area contributed by atoms with Gasteiger partial charge in [-0.3, -0.25) is 18.1 Å². The van der Waals surface area contributed by atoms with Crippen molar-refractivity contribution in [3.63, 3.8) is 0 Å². The minimum Gasteiger partial charge on any atom is -0.305 e. The molecule has 2 rings (SSSR count). The molecule has 2 aromatic rings. The molecule has 0 radical (unpaired) electrons. The number of imidazole rings is 1. The zero-order chi connectivity index (χ0) is 22.7. The highest BCUT2D eigenvalue weighted by Gasteiger charge is 2.27. The van der Waals surface area contributed by atoms with Gasteiger partial charge >= 0.3 is 11.9 Å². The van der Waals surface area contributed by atoms with Crippen LogP contribution in [-0.2, 0) is 33.9 Å². The first-order valence-corrected chi connectivity index (χ1v) is 11.0. The Kier molecular flexibility index (Phi) is 7.53. The molecule has 0 unspecified atom stereocenters. The summed E-state index contributed by atoms with van der Waals surface area (Å²) < 4.78 is 67.3. The lowest BCUT2D eigenvalue weighted by atomic mass is 10.3. The van der Waals surface area contributed by atoms with Crippen LogP contribution in [0.3, 0.4) is 0 Å². The summed E-state index contributed by atoms with van der Waals surface area (Å²) in [5.41, 5.74) is -1.80. The van der Waals surface area contributed by atoms with E-state index < -0.39 is 40.4 Å². The van der Waals surface area contributed by atoms with Gasteiger partial charge in [0.05, 0.1) is 12.9 Å². The van der Waals surface area contributed by atoms with E-state index in [0.29, 0.717) is 0 Å². The highest BCUT2D eigenvalue weighted by Crippen LogP contribution is 2.22. The Labute approximate surface area is 174 Å². The van der Waals surface area contributed by atoms with Crippen LogP contribution >= 0.6 is 11.6 Å². The van der Waals surface area contributed by atoms with E-state index in [-0.39, 0.29) is 49.1 Å². The summed E-state index contributed by atoms with van der Waals surface area (Å²) in [5.74, 6) is 0. The van der Waals surface area contributed by atoms with Crippen molar-refractivity contribution in [2.45, 2.75) is 45.1 Å². The van der Waals surface area contributed by atoms with Gasteiger partial charge in [-0.1, -0.05) is 6.08 Å². The maximum Gasteiger partial charge on any atom is 0.389 e. The lowest BCUT2D eigenvalue weighted by Gasteiger charge is -2.13. The molecule has 9 nitrogen and oxygen atoms in total. The predicted molar refractivity (Wildman–Crippen MR) is 104 cm³/mol. The summed E-state index contributed by atoms with van der Waals surface area (Å²) >= 11 is 6.05. The fraction of sp³-hybridized carbons (Fsp3) is 0.562. The molecule has 2 aromatic heterocycles. The Balaban J connectivity index is 2.51. The molecule has 0 aliphatic rings. The zero-order valence-electron chi connectivity index (χ0n) is 16.0. The number of hydrogen-bond donors (Lipinski definition) is 0. The first-order valence-electron chi connectivity index (χ1n) is 8.77. The number of aryl methyl sites for hydroxylation is 1. The Morgan fingerprint density at radius 2 is 1.80 bits per heavy atom. The summed E-state index contributed by atoms with van der Waals surface area (Å²) in [6, 6.07) is 0. The number of aromatic nitrogens is 4. The minimum absolute atomic E-state index is 0.000395. The summed E-state index contributed by atoms with van der Waals surface area (Å²) in [6.07, 6.45) is -3.63. The van der Waals surface area contributed by atoms with Gasteiger partial charge in [0.25, 0.3) is 15.7 Å². The number of fused-ring (bicyclic) bond motifs is 1. The van der Waals surface area contributed by atoms with E-state index in [2.05, 4.69) is 15.7 Å². The number of alkyl halides is 3. The van der Waals surface area contributed by atoms with Crippen LogP contribution in [0.25, 0.3) is 11.2 Å². The van der Waals surface area contributed by atoms with Crippen LogP contribution in [0, 0.1) is 0 Å². The molecule has 0 saturated carbocycles. The normalized spacial score (nSPS) is 12.6. The van der Waals surface area contributed by atoms with Gasteiger partial charge in [0.15, 0.2) is 11.2 Å². The van der Waals surface area contributed by atoms with Crippen molar-refractivity contribution in [2.24, 2.45) is 0 Å². The average molecular weight is 473 g/mol. The van der Waals surface area contributed by atoms with Crippen LogP contribution < -0.4 is 11.2 Å². The molecule has 0 saturated heterocycles. The van der Waals surface area contributed by atoms with E-state index in [4.69, 9.17) is 11.6 Å². The highest BCUT2D eigenvalue weighted by molar-refractivity contribution is 7.85. The van der Waals surface area contributed by atoms with Gasteiger partial charge < -0.3 is 4.57 Å².